The molecule has 0 bridgehead atoms. The molecular weight excluding hydrogens is 216 g/mol. The van der Waals surface area contributed by atoms with E-state index in [-0.39, 0.29) is 17.4 Å². The standard InChI is InChI=1S/C13H26N2O2/c1-5-17-13(3,4)9-15-12(16)11-6-10(2)7-14-8-11/h10-11,14H,5-9H2,1-4H3,(H,15,16). The van der Waals surface area contributed by atoms with Crippen molar-refractivity contribution in [1.29, 1.82) is 0 Å². The van der Waals surface area contributed by atoms with Crippen molar-refractivity contribution in [2.45, 2.75) is 39.7 Å². The summed E-state index contributed by atoms with van der Waals surface area (Å²) in [7, 11) is 0. The molecule has 1 saturated heterocycles. The molecular formula is C13H26N2O2. The highest BCUT2D eigenvalue weighted by molar-refractivity contribution is 5.79. The smallest absolute Gasteiger partial charge is 0.224 e. The number of carbonyl (C=O) groups is 1. The van der Waals surface area contributed by atoms with Crippen molar-refractivity contribution < 1.29 is 9.53 Å². The second kappa shape index (κ2) is 6.36. The number of rotatable bonds is 5. The fourth-order valence-corrected chi connectivity index (χ4v) is 2.24. The SMILES string of the molecule is CCOC(C)(C)CNC(=O)C1CNCC(C)C1. The molecule has 4 nitrogen and oxygen atoms in total. The van der Waals surface area contributed by atoms with Crippen LogP contribution in [0.5, 0.6) is 0 Å². The summed E-state index contributed by atoms with van der Waals surface area (Å²) in [5.74, 6) is 0.840. The van der Waals surface area contributed by atoms with E-state index >= 15 is 0 Å². The molecule has 1 rings (SSSR count). The zero-order chi connectivity index (χ0) is 12.9. The van der Waals surface area contributed by atoms with Crippen LogP contribution in [0.25, 0.3) is 0 Å². The van der Waals surface area contributed by atoms with Crippen molar-refractivity contribution in [3.8, 4) is 0 Å². The third kappa shape index (κ3) is 5.04. The van der Waals surface area contributed by atoms with Gasteiger partial charge in [0.25, 0.3) is 0 Å². The van der Waals surface area contributed by atoms with Crippen LogP contribution >= 0.6 is 0 Å². The summed E-state index contributed by atoms with van der Waals surface area (Å²) < 4.78 is 5.56. The van der Waals surface area contributed by atoms with Crippen LogP contribution in [-0.4, -0.2) is 37.7 Å². The Morgan fingerprint density at radius 2 is 2.18 bits per heavy atom. The Balaban J connectivity index is 2.33. The fraction of sp³-hybridized carbons (Fsp3) is 0.923. The van der Waals surface area contributed by atoms with Gasteiger partial charge < -0.3 is 15.4 Å². The highest BCUT2D eigenvalue weighted by Crippen LogP contribution is 2.16. The quantitative estimate of drug-likeness (QED) is 0.761. The molecule has 2 unspecified atom stereocenters. The monoisotopic (exact) mass is 242 g/mol. The van der Waals surface area contributed by atoms with Crippen LogP contribution in [0.15, 0.2) is 0 Å². The van der Waals surface area contributed by atoms with Gasteiger partial charge in [-0.05, 0) is 39.7 Å². The topological polar surface area (TPSA) is 50.4 Å². The number of piperidine rings is 1. The Morgan fingerprint density at radius 1 is 1.47 bits per heavy atom. The van der Waals surface area contributed by atoms with E-state index < -0.39 is 0 Å². The molecule has 17 heavy (non-hydrogen) atoms. The second-order valence-electron chi connectivity index (χ2n) is 5.61. The van der Waals surface area contributed by atoms with Crippen molar-refractivity contribution in [1.82, 2.24) is 10.6 Å². The molecule has 1 aliphatic rings. The number of ether oxygens (including phenoxy) is 1. The van der Waals surface area contributed by atoms with Gasteiger partial charge >= 0.3 is 0 Å². The summed E-state index contributed by atoms with van der Waals surface area (Å²) in [6.07, 6.45) is 0.980. The average Bonchev–Trinajstić information content (AvgIpc) is 2.26. The molecule has 2 N–H and O–H groups in total. The first-order valence-electron chi connectivity index (χ1n) is 6.57. The van der Waals surface area contributed by atoms with Gasteiger partial charge in [-0.2, -0.15) is 0 Å². The van der Waals surface area contributed by atoms with Crippen molar-refractivity contribution >= 4 is 5.91 Å². The van der Waals surface area contributed by atoms with Gasteiger partial charge in [0, 0.05) is 19.7 Å². The Hall–Kier alpha value is -0.610. The first kappa shape index (κ1) is 14.5. The lowest BCUT2D eigenvalue weighted by atomic mass is 9.91. The predicted molar refractivity (Wildman–Crippen MR) is 68.9 cm³/mol. The van der Waals surface area contributed by atoms with Crippen LogP contribution in [0.1, 0.15) is 34.1 Å². The largest absolute Gasteiger partial charge is 0.374 e. The van der Waals surface area contributed by atoms with E-state index in [1.807, 2.05) is 20.8 Å². The molecule has 0 saturated carbocycles. The lowest BCUT2D eigenvalue weighted by molar-refractivity contribution is -0.127. The van der Waals surface area contributed by atoms with Crippen LogP contribution in [0.3, 0.4) is 0 Å². The molecule has 0 aliphatic carbocycles. The lowest BCUT2D eigenvalue weighted by Gasteiger charge is -2.29. The summed E-state index contributed by atoms with van der Waals surface area (Å²) in [6.45, 7) is 11.2. The molecule has 1 amide bonds. The fourth-order valence-electron chi connectivity index (χ4n) is 2.24. The molecule has 1 fully saturated rings. The van der Waals surface area contributed by atoms with Crippen LogP contribution < -0.4 is 10.6 Å². The van der Waals surface area contributed by atoms with Crippen LogP contribution in [0.4, 0.5) is 0 Å². The van der Waals surface area contributed by atoms with E-state index in [9.17, 15) is 4.79 Å². The summed E-state index contributed by atoms with van der Waals surface area (Å²) in [5.41, 5.74) is -0.280. The number of hydrogen-bond acceptors (Lipinski definition) is 3. The summed E-state index contributed by atoms with van der Waals surface area (Å²) in [6, 6.07) is 0. The van der Waals surface area contributed by atoms with Gasteiger partial charge in [-0.3, -0.25) is 4.79 Å². The van der Waals surface area contributed by atoms with E-state index in [1.54, 1.807) is 0 Å². The third-order valence-corrected chi connectivity index (χ3v) is 3.16. The normalized spacial score (nSPS) is 25.6. The van der Waals surface area contributed by atoms with Crippen LogP contribution in [0.2, 0.25) is 0 Å². The third-order valence-electron chi connectivity index (χ3n) is 3.16. The van der Waals surface area contributed by atoms with Crippen molar-refractivity contribution in [3.05, 3.63) is 0 Å². The summed E-state index contributed by atoms with van der Waals surface area (Å²) >= 11 is 0. The number of nitrogens with one attached hydrogen (secondary N) is 2. The van der Waals surface area contributed by atoms with Crippen LogP contribution in [-0.2, 0) is 9.53 Å². The Morgan fingerprint density at radius 3 is 2.76 bits per heavy atom. The number of amides is 1. The zero-order valence-electron chi connectivity index (χ0n) is 11.5. The summed E-state index contributed by atoms with van der Waals surface area (Å²) in [4.78, 5) is 12.0. The molecule has 0 aromatic heterocycles. The van der Waals surface area contributed by atoms with E-state index in [4.69, 9.17) is 4.74 Å². The lowest BCUT2D eigenvalue weighted by Crippen LogP contribution is -2.47. The predicted octanol–water partition coefficient (Wildman–Crippen LogP) is 1.16. The van der Waals surface area contributed by atoms with Crippen LogP contribution in [0, 0.1) is 11.8 Å². The summed E-state index contributed by atoms with van der Waals surface area (Å²) in [5, 5.41) is 6.29. The molecule has 1 heterocycles. The number of hydrogen-bond donors (Lipinski definition) is 2. The van der Waals surface area contributed by atoms with E-state index in [0.717, 1.165) is 19.5 Å². The minimum absolute atomic E-state index is 0.108. The van der Waals surface area contributed by atoms with Gasteiger partial charge in [-0.1, -0.05) is 6.92 Å². The maximum absolute atomic E-state index is 12.0. The molecule has 0 aromatic rings. The first-order chi connectivity index (χ1) is 7.94. The minimum Gasteiger partial charge on any atom is -0.374 e. The van der Waals surface area contributed by atoms with Gasteiger partial charge in [-0.25, -0.2) is 0 Å². The minimum atomic E-state index is -0.280. The van der Waals surface area contributed by atoms with E-state index in [1.165, 1.54) is 0 Å². The van der Waals surface area contributed by atoms with Gasteiger partial charge in [0.2, 0.25) is 5.91 Å². The molecule has 2 atom stereocenters. The maximum Gasteiger partial charge on any atom is 0.224 e. The van der Waals surface area contributed by atoms with Crippen molar-refractivity contribution in [3.63, 3.8) is 0 Å². The number of carbonyl (C=O) groups excluding carboxylic acids is 1. The molecule has 0 spiro atoms. The Kier molecular flexibility index (Phi) is 5.40. The highest BCUT2D eigenvalue weighted by atomic mass is 16.5. The van der Waals surface area contributed by atoms with E-state index in [0.29, 0.717) is 19.1 Å². The Labute approximate surface area is 104 Å². The average molecular weight is 242 g/mol. The first-order valence-corrected chi connectivity index (χ1v) is 6.57. The van der Waals surface area contributed by atoms with E-state index in [2.05, 4.69) is 17.6 Å². The highest BCUT2D eigenvalue weighted by Gasteiger charge is 2.26. The zero-order valence-corrected chi connectivity index (χ0v) is 11.5. The van der Waals surface area contributed by atoms with Gasteiger partial charge in [0.05, 0.1) is 11.5 Å². The van der Waals surface area contributed by atoms with Gasteiger partial charge in [0.1, 0.15) is 0 Å². The van der Waals surface area contributed by atoms with Crippen molar-refractivity contribution in [2.24, 2.45) is 11.8 Å². The maximum atomic E-state index is 12.0. The molecule has 0 radical (unpaired) electrons. The van der Waals surface area contributed by atoms with Gasteiger partial charge in [0.15, 0.2) is 0 Å². The Bertz CT molecular complexity index is 254. The second-order valence-corrected chi connectivity index (χ2v) is 5.61. The molecule has 0 aromatic carbocycles. The van der Waals surface area contributed by atoms with Crippen molar-refractivity contribution in [2.75, 3.05) is 26.2 Å². The molecule has 4 heteroatoms. The molecule has 1 aliphatic heterocycles. The van der Waals surface area contributed by atoms with Gasteiger partial charge in [-0.15, -0.1) is 0 Å². The molecule has 100 valence electrons.